The molecule has 0 fully saturated rings. The highest BCUT2D eigenvalue weighted by molar-refractivity contribution is 6.09. The topological polar surface area (TPSA) is 60.2 Å². The maximum absolute atomic E-state index is 6.26. The predicted molar refractivity (Wildman–Crippen MR) is 186 cm³/mol. The van der Waals surface area contributed by atoms with Crippen LogP contribution in [0.4, 0.5) is 17.1 Å². The van der Waals surface area contributed by atoms with Gasteiger partial charge < -0.3 is 18.3 Å². The number of benzene rings is 5. The van der Waals surface area contributed by atoms with Crippen LogP contribution in [-0.2, 0) is 0 Å². The Morgan fingerprint density at radius 3 is 1.74 bits per heavy atom. The zero-order valence-electron chi connectivity index (χ0n) is 24.5. The highest BCUT2D eigenvalue weighted by Gasteiger charge is 2.19. The summed E-state index contributed by atoms with van der Waals surface area (Å²) in [5.41, 5.74) is 11.3. The van der Waals surface area contributed by atoms with Crippen LogP contribution in [0.2, 0.25) is 0 Å². The molecule has 6 nitrogen and oxygen atoms in total. The second-order valence-electron chi connectivity index (χ2n) is 11.5. The summed E-state index contributed by atoms with van der Waals surface area (Å²) in [5, 5.41) is 4.44. The number of furan rings is 2. The Kier molecular flexibility index (Phi) is 5.19. The number of hydrogen-bond acceptors (Lipinski definition) is 5. The van der Waals surface area contributed by atoms with Crippen LogP contribution in [0, 0.1) is 0 Å². The molecule has 0 bridgehead atoms. The Hall–Kier alpha value is -6.40. The fraction of sp³-hybridized carbons (Fsp3) is 0. The van der Waals surface area contributed by atoms with E-state index >= 15 is 0 Å². The molecule has 0 amide bonds. The molecule has 6 heteroatoms. The van der Waals surface area contributed by atoms with Gasteiger partial charge in [0.15, 0.2) is 11.2 Å². The largest absolute Gasteiger partial charge is 0.454 e. The SMILES string of the molecule is c1cnc2c(c1)oc1cc(N(c3ccc(-n4c5ccccc5c5ccccc54)cc3)c3ccc4oc5cccnc5c4c3)ccc12. The van der Waals surface area contributed by atoms with Crippen LogP contribution < -0.4 is 4.90 Å². The molecule has 0 spiro atoms. The van der Waals surface area contributed by atoms with Crippen LogP contribution in [0.3, 0.4) is 0 Å². The highest BCUT2D eigenvalue weighted by Crippen LogP contribution is 2.41. The first-order valence-corrected chi connectivity index (χ1v) is 15.2. The summed E-state index contributed by atoms with van der Waals surface area (Å²) in [6.45, 7) is 0. The van der Waals surface area contributed by atoms with E-state index in [-0.39, 0.29) is 0 Å². The lowest BCUT2D eigenvalue weighted by molar-refractivity contribution is 0.667. The zero-order valence-corrected chi connectivity index (χ0v) is 24.5. The van der Waals surface area contributed by atoms with E-state index in [1.54, 1.807) is 12.4 Å². The first kappa shape index (κ1) is 25.0. The van der Waals surface area contributed by atoms with Gasteiger partial charge in [-0.3, -0.25) is 9.97 Å². The molecule has 5 aromatic carbocycles. The van der Waals surface area contributed by atoms with Gasteiger partial charge in [-0.1, -0.05) is 36.4 Å². The molecule has 10 rings (SSSR count). The van der Waals surface area contributed by atoms with Gasteiger partial charge in [0.25, 0.3) is 0 Å². The summed E-state index contributed by atoms with van der Waals surface area (Å²) in [7, 11) is 0. The molecule has 0 atom stereocenters. The third-order valence-corrected chi connectivity index (χ3v) is 8.88. The fourth-order valence-corrected chi connectivity index (χ4v) is 6.85. The van der Waals surface area contributed by atoms with E-state index in [1.807, 2.05) is 30.3 Å². The van der Waals surface area contributed by atoms with E-state index in [2.05, 4.69) is 123 Å². The average molecular weight is 593 g/mol. The first-order chi connectivity index (χ1) is 22.8. The molecule has 5 aromatic heterocycles. The normalized spacial score (nSPS) is 11.9. The molecular formula is C40H24N4O2. The van der Waals surface area contributed by atoms with Crippen molar-refractivity contribution in [2.24, 2.45) is 0 Å². The van der Waals surface area contributed by atoms with Gasteiger partial charge in [0, 0.05) is 62.8 Å². The van der Waals surface area contributed by atoms with Gasteiger partial charge in [-0.25, -0.2) is 0 Å². The smallest absolute Gasteiger partial charge is 0.153 e. The van der Waals surface area contributed by atoms with Crippen LogP contribution in [0.1, 0.15) is 0 Å². The van der Waals surface area contributed by atoms with Crippen molar-refractivity contribution in [3.05, 3.63) is 146 Å². The molecule has 10 aromatic rings. The molecular weight excluding hydrogens is 568 g/mol. The Labute approximate surface area is 262 Å². The van der Waals surface area contributed by atoms with Crippen LogP contribution >= 0.6 is 0 Å². The summed E-state index contributed by atoms with van der Waals surface area (Å²) in [6, 6.07) is 46.2. The highest BCUT2D eigenvalue weighted by atomic mass is 16.3. The van der Waals surface area contributed by atoms with Gasteiger partial charge in [0.1, 0.15) is 22.2 Å². The minimum absolute atomic E-state index is 0.771. The summed E-state index contributed by atoms with van der Waals surface area (Å²) in [6.07, 6.45) is 3.60. The standard InChI is InChI=1S/C40H24N4O2/c1-3-9-33-29(7-1)30-8-2-4-10-34(30)44(33)26-15-13-25(14-16-26)43(27-18-20-35-32(23-27)40-37(45-35)12-6-22-42-40)28-17-19-31-38(24-28)46-36-11-5-21-41-39(31)36/h1-24H. The van der Waals surface area contributed by atoms with Crippen molar-refractivity contribution >= 4 is 83.0 Å². The Bertz CT molecular complexity index is 2720. The average Bonchev–Trinajstić information content (AvgIpc) is 3.78. The second-order valence-corrected chi connectivity index (χ2v) is 11.5. The van der Waals surface area contributed by atoms with Crippen molar-refractivity contribution in [1.29, 1.82) is 0 Å². The number of anilines is 3. The van der Waals surface area contributed by atoms with Gasteiger partial charge in [-0.2, -0.15) is 0 Å². The summed E-state index contributed by atoms with van der Waals surface area (Å²) in [5.74, 6) is 0. The Morgan fingerprint density at radius 2 is 1.02 bits per heavy atom. The molecule has 0 saturated heterocycles. The van der Waals surface area contributed by atoms with Crippen LogP contribution in [0.15, 0.2) is 155 Å². The number of aromatic nitrogens is 3. The van der Waals surface area contributed by atoms with Gasteiger partial charge in [0.05, 0.1) is 11.0 Å². The Balaban J connectivity index is 1.17. The zero-order chi connectivity index (χ0) is 30.2. The number of para-hydroxylation sites is 2. The van der Waals surface area contributed by atoms with Gasteiger partial charge in [-0.05, 0) is 91.0 Å². The molecule has 0 aliphatic heterocycles. The third kappa shape index (κ3) is 3.64. The van der Waals surface area contributed by atoms with E-state index in [9.17, 15) is 0 Å². The van der Waals surface area contributed by atoms with Crippen LogP contribution in [0.5, 0.6) is 0 Å². The molecule has 0 unspecified atom stereocenters. The lowest BCUT2D eigenvalue weighted by Crippen LogP contribution is -2.10. The molecule has 5 heterocycles. The Morgan fingerprint density at radius 1 is 0.435 bits per heavy atom. The lowest BCUT2D eigenvalue weighted by Gasteiger charge is -2.26. The number of hydrogen-bond donors (Lipinski definition) is 0. The lowest BCUT2D eigenvalue weighted by atomic mass is 10.1. The van der Waals surface area contributed by atoms with E-state index in [0.717, 1.165) is 66.9 Å². The van der Waals surface area contributed by atoms with Crippen molar-refractivity contribution in [3.8, 4) is 5.69 Å². The molecule has 0 aliphatic carbocycles. The van der Waals surface area contributed by atoms with Crippen molar-refractivity contribution in [3.63, 3.8) is 0 Å². The maximum atomic E-state index is 6.26. The van der Waals surface area contributed by atoms with Gasteiger partial charge >= 0.3 is 0 Å². The molecule has 216 valence electrons. The maximum Gasteiger partial charge on any atom is 0.153 e. The quantitative estimate of drug-likeness (QED) is 0.203. The van der Waals surface area contributed by atoms with Crippen LogP contribution in [0.25, 0.3) is 71.6 Å². The number of nitrogens with zero attached hydrogens (tertiary/aromatic N) is 4. The predicted octanol–water partition coefficient (Wildman–Crippen LogP) is 10.8. The van der Waals surface area contributed by atoms with Crippen molar-refractivity contribution in [1.82, 2.24) is 14.5 Å². The van der Waals surface area contributed by atoms with Crippen molar-refractivity contribution < 1.29 is 8.83 Å². The second kappa shape index (κ2) is 9.55. The van der Waals surface area contributed by atoms with E-state index in [0.29, 0.717) is 0 Å². The first-order valence-electron chi connectivity index (χ1n) is 15.2. The van der Waals surface area contributed by atoms with Crippen LogP contribution in [-0.4, -0.2) is 14.5 Å². The molecule has 0 saturated carbocycles. The van der Waals surface area contributed by atoms with Crippen molar-refractivity contribution in [2.75, 3.05) is 4.90 Å². The molecule has 46 heavy (non-hydrogen) atoms. The van der Waals surface area contributed by atoms with E-state index in [4.69, 9.17) is 8.83 Å². The number of rotatable bonds is 4. The minimum atomic E-state index is 0.771. The third-order valence-electron chi connectivity index (χ3n) is 8.88. The summed E-state index contributed by atoms with van der Waals surface area (Å²) < 4.78 is 14.7. The van der Waals surface area contributed by atoms with E-state index < -0.39 is 0 Å². The monoisotopic (exact) mass is 592 g/mol. The van der Waals surface area contributed by atoms with Gasteiger partial charge in [-0.15, -0.1) is 0 Å². The summed E-state index contributed by atoms with van der Waals surface area (Å²) >= 11 is 0. The minimum Gasteiger partial charge on any atom is -0.454 e. The number of fused-ring (bicyclic) bond motifs is 9. The summed E-state index contributed by atoms with van der Waals surface area (Å²) in [4.78, 5) is 11.4. The molecule has 0 N–H and O–H groups in total. The molecule has 0 radical (unpaired) electrons. The van der Waals surface area contributed by atoms with Gasteiger partial charge in [0.2, 0.25) is 0 Å². The number of pyridine rings is 2. The van der Waals surface area contributed by atoms with Crippen molar-refractivity contribution in [2.45, 2.75) is 0 Å². The van der Waals surface area contributed by atoms with E-state index in [1.165, 1.54) is 21.8 Å². The molecule has 0 aliphatic rings. The fourth-order valence-electron chi connectivity index (χ4n) is 6.85.